The Morgan fingerprint density at radius 3 is 2.84 bits per heavy atom. The zero-order chi connectivity index (χ0) is 23.0. The molecule has 2 unspecified atom stereocenters. The maximum atomic E-state index is 12.4. The molecule has 5 nitrogen and oxygen atoms in total. The summed E-state index contributed by atoms with van der Waals surface area (Å²) in [6.07, 6.45) is 20.0. The lowest BCUT2D eigenvalue weighted by Gasteiger charge is -2.19. The molecule has 1 saturated carbocycles. The number of nitrogens with zero attached hydrogens (tertiary/aromatic N) is 1. The molecule has 0 aromatic carbocycles. The number of aromatic nitrogens is 1. The van der Waals surface area contributed by atoms with Gasteiger partial charge in [0.15, 0.2) is 5.78 Å². The number of hydrogen-bond acceptors (Lipinski definition) is 6. The summed E-state index contributed by atoms with van der Waals surface area (Å²) in [5.74, 6) is -0.0467. The average Bonchev–Trinajstić information content (AvgIpc) is 3.19. The number of aliphatic hydroxyl groups excluding tert-OH is 1. The van der Waals surface area contributed by atoms with E-state index in [1.54, 1.807) is 23.6 Å². The molecule has 32 heavy (non-hydrogen) atoms. The molecule has 1 aromatic heterocycles. The van der Waals surface area contributed by atoms with Gasteiger partial charge in [0, 0.05) is 34.9 Å². The van der Waals surface area contributed by atoms with Crippen molar-refractivity contribution in [2.24, 2.45) is 11.3 Å². The Hall–Kier alpha value is -2.31. The standard InChI is InChI=1S/C26H33NO4S/c1-19(2)31-25(30)11-6-4-3-5-8-20-12-13-22(28)21(20)18-26(14-15-26)23(29)9-7-10-24-27-16-17-32-24/h3,5,7,10,12-13,16-20,23,29H,4,6,8-9,11,14-15H2,1-2H3. The molecule has 3 rings (SSSR count). The van der Waals surface area contributed by atoms with Crippen molar-refractivity contribution in [2.75, 3.05) is 0 Å². The number of rotatable bonds is 12. The van der Waals surface area contributed by atoms with E-state index in [4.69, 9.17) is 4.74 Å². The zero-order valence-electron chi connectivity index (χ0n) is 18.9. The van der Waals surface area contributed by atoms with Gasteiger partial charge in [0.1, 0.15) is 5.01 Å². The summed E-state index contributed by atoms with van der Waals surface area (Å²) >= 11 is 1.57. The predicted octanol–water partition coefficient (Wildman–Crippen LogP) is 5.44. The van der Waals surface area contributed by atoms with Crippen molar-refractivity contribution in [1.29, 1.82) is 0 Å². The van der Waals surface area contributed by atoms with Gasteiger partial charge in [-0.25, -0.2) is 4.98 Å². The van der Waals surface area contributed by atoms with Crippen LogP contribution >= 0.6 is 11.3 Å². The van der Waals surface area contributed by atoms with Crippen LogP contribution in [0.1, 0.15) is 63.8 Å². The van der Waals surface area contributed by atoms with Crippen LogP contribution in [0.15, 0.2) is 53.6 Å². The van der Waals surface area contributed by atoms with E-state index in [0.29, 0.717) is 12.8 Å². The number of esters is 1. The summed E-state index contributed by atoms with van der Waals surface area (Å²) in [6, 6.07) is 0. The van der Waals surface area contributed by atoms with E-state index in [-0.39, 0.29) is 29.2 Å². The van der Waals surface area contributed by atoms with Crippen LogP contribution in [-0.4, -0.2) is 34.1 Å². The third-order valence-electron chi connectivity index (χ3n) is 5.84. The van der Waals surface area contributed by atoms with Gasteiger partial charge in [-0.05, 0) is 64.5 Å². The Morgan fingerprint density at radius 2 is 2.16 bits per heavy atom. The van der Waals surface area contributed by atoms with E-state index >= 15 is 0 Å². The molecular weight excluding hydrogens is 422 g/mol. The molecule has 1 heterocycles. The van der Waals surface area contributed by atoms with Crippen molar-refractivity contribution >= 4 is 29.2 Å². The predicted molar refractivity (Wildman–Crippen MR) is 128 cm³/mol. The molecule has 6 heteroatoms. The van der Waals surface area contributed by atoms with Crippen LogP contribution in [0.3, 0.4) is 0 Å². The Labute approximate surface area is 194 Å². The van der Waals surface area contributed by atoms with Gasteiger partial charge >= 0.3 is 5.97 Å². The number of thiazole rings is 1. The lowest BCUT2D eigenvalue weighted by atomic mass is 9.88. The van der Waals surface area contributed by atoms with Gasteiger partial charge in [0.25, 0.3) is 0 Å². The lowest BCUT2D eigenvalue weighted by Crippen LogP contribution is -2.21. The first-order chi connectivity index (χ1) is 15.4. The van der Waals surface area contributed by atoms with Gasteiger partial charge in [-0.3, -0.25) is 9.59 Å². The molecule has 1 aromatic rings. The molecule has 0 radical (unpaired) electrons. The molecule has 0 amide bonds. The fourth-order valence-electron chi connectivity index (χ4n) is 3.89. The second kappa shape index (κ2) is 11.5. The fourth-order valence-corrected chi connectivity index (χ4v) is 4.45. The number of ether oxygens (including phenoxy) is 1. The first-order valence-corrected chi connectivity index (χ1v) is 12.3. The van der Waals surface area contributed by atoms with E-state index in [0.717, 1.165) is 42.7 Å². The van der Waals surface area contributed by atoms with Crippen molar-refractivity contribution in [3.05, 3.63) is 58.6 Å². The molecule has 172 valence electrons. The summed E-state index contributed by atoms with van der Waals surface area (Å²) in [4.78, 5) is 28.2. The molecule has 2 atom stereocenters. The number of carbonyl (C=O) groups is 2. The average molecular weight is 456 g/mol. The molecule has 0 bridgehead atoms. The molecule has 0 spiro atoms. The topological polar surface area (TPSA) is 76.5 Å². The lowest BCUT2D eigenvalue weighted by molar-refractivity contribution is -0.147. The van der Waals surface area contributed by atoms with Crippen molar-refractivity contribution in [1.82, 2.24) is 4.98 Å². The van der Waals surface area contributed by atoms with Crippen LogP contribution in [0, 0.1) is 11.3 Å². The van der Waals surface area contributed by atoms with Crippen LogP contribution in [-0.2, 0) is 14.3 Å². The Kier molecular flexibility index (Phi) is 8.76. The van der Waals surface area contributed by atoms with Crippen molar-refractivity contribution in [3.63, 3.8) is 0 Å². The minimum atomic E-state index is -0.499. The maximum absolute atomic E-state index is 12.4. The van der Waals surface area contributed by atoms with Crippen LogP contribution in [0.25, 0.3) is 6.08 Å². The van der Waals surface area contributed by atoms with Gasteiger partial charge in [0.2, 0.25) is 0 Å². The summed E-state index contributed by atoms with van der Waals surface area (Å²) in [5.41, 5.74) is 0.513. The first-order valence-electron chi connectivity index (χ1n) is 11.4. The van der Waals surface area contributed by atoms with E-state index in [1.165, 1.54) is 0 Å². The molecule has 1 fully saturated rings. The number of ketones is 1. The molecule has 0 saturated heterocycles. The molecular formula is C26H33NO4S. The molecule has 1 N–H and O–H groups in total. The summed E-state index contributed by atoms with van der Waals surface area (Å²) in [7, 11) is 0. The van der Waals surface area contributed by atoms with Crippen LogP contribution in [0.2, 0.25) is 0 Å². The Bertz CT molecular complexity index is 891. The number of hydrogen-bond donors (Lipinski definition) is 1. The van der Waals surface area contributed by atoms with E-state index in [1.807, 2.05) is 43.5 Å². The van der Waals surface area contributed by atoms with Gasteiger partial charge in [-0.15, -0.1) is 11.3 Å². The highest BCUT2D eigenvalue weighted by Crippen LogP contribution is 2.53. The smallest absolute Gasteiger partial charge is 0.306 e. The van der Waals surface area contributed by atoms with Gasteiger partial charge in [-0.2, -0.15) is 0 Å². The maximum Gasteiger partial charge on any atom is 0.306 e. The Morgan fingerprint density at radius 1 is 1.34 bits per heavy atom. The SMILES string of the molecule is CC(C)OC(=O)CCCC=CCC1C=CC(=O)C1=CC1(C(O)CC=Cc2nccs2)CC1. The van der Waals surface area contributed by atoms with Crippen LogP contribution < -0.4 is 0 Å². The van der Waals surface area contributed by atoms with Crippen molar-refractivity contribution in [3.8, 4) is 0 Å². The summed E-state index contributed by atoms with van der Waals surface area (Å²) in [6.45, 7) is 3.70. The largest absolute Gasteiger partial charge is 0.463 e. The van der Waals surface area contributed by atoms with Gasteiger partial charge in [0.05, 0.1) is 12.2 Å². The minimum absolute atomic E-state index is 0.0524. The fraction of sp³-hybridized carbons (Fsp3) is 0.500. The molecule has 0 aliphatic heterocycles. The van der Waals surface area contributed by atoms with Crippen LogP contribution in [0.4, 0.5) is 0 Å². The van der Waals surface area contributed by atoms with Crippen LogP contribution in [0.5, 0.6) is 0 Å². The first kappa shape index (κ1) is 24.3. The minimum Gasteiger partial charge on any atom is -0.463 e. The number of carbonyl (C=O) groups excluding carboxylic acids is 2. The van der Waals surface area contributed by atoms with E-state index in [9.17, 15) is 14.7 Å². The van der Waals surface area contributed by atoms with Gasteiger partial charge < -0.3 is 9.84 Å². The quantitative estimate of drug-likeness (QED) is 0.197. The third-order valence-corrected chi connectivity index (χ3v) is 6.59. The van der Waals surface area contributed by atoms with Gasteiger partial charge in [-0.1, -0.05) is 30.4 Å². The molecule has 2 aliphatic carbocycles. The summed E-state index contributed by atoms with van der Waals surface area (Å²) < 4.78 is 5.13. The van der Waals surface area contributed by atoms with E-state index in [2.05, 4.69) is 17.1 Å². The van der Waals surface area contributed by atoms with Crippen molar-refractivity contribution < 1.29 is 19.4 Å². The van der Waals surface area contributed by atoms with E-state index < -0.39 is 6.10 Å². The number of allylic oxidation sites excluding steroid dienone is 5. The second-order valence-corrected chi connectivity index (χ2v) is 9.75. The normalized spacial score (nSPS) is 21.9. The third kappa shape index (κ3) is 7.10. The van der Waals surface area contributed by atoms with Crippen molar-refractivity contribution in [2.45, 2.75) is 71.0 Å². The number of unbranched alkanes of at least 4 members (excludes halogenated alkanes) is 1. The highest BCUT2D eigenvalue weighted by atomic mass is 32.1. The zero-order valence-corrected chi connectivity index (χ0v) is 19.7. The highest BCUT2D eigenvalue weighted by molar-refractivity contribution is 7.10. The number of aliphatic hydroxyl groups is 1. The highest BCUT2D eigenvalue weighted by Gasteiger charge is 2.47. The Balaban J connectivity index is 1.49. The summed E-state index contributed by atoms with van der Waals surface area (Å²) in [5, 5.41) is 13.6. The molecule has 2 aliphatic rings. The second-order valence-electron chi connectivity index (χ2n) is 8.82. The monoisotopic (exact) mass is 455 g/mol.